The number of nitrogens with zero attached hydrogens (tertiary/aromatic N) is 1. The Morgan fingerprint density at radius 1 is 1.13 bits per heavy atom. The van der Waals surface area contributed by atoms with Gasteiger partial charge in [0.15, 0.2) is 6.54 Å². The fraction of sp³-hybridized carbons (Fsp3) is 0.250. The lowest BCUT2D eigenvalue weighted by Gasteiger charge is -1.97. The zero-order valence-electron chi connectivity index (χ0n) is 13.6. The maximum absolute atomic E-state index is 6.26. The maximum atomic E-state index is 6.26. The van der Waals surface area contributed by atoms with Gasteiger partial charge in [0, 0.05) is 23.6 Å². The van der Waals surface area contributed by atoms with Gasteiger partial charge in [-0.3, -0.25) is 0 Å². The average molecular weight is 343 g/mol. The number of hydrogen-bond donors (Lipinski definition) is 0. The Balaban J connectivity index is 2.03. The molecule has 0 saturated heterocycles. The lowest BCUT2D eigenvalue weighted by molar-refractivity contribution is -0.669. The zero-order valence-corrected chi connectivity index (χ0v) is 15.1. The Bertz CT molecular complexity index is 848. The van der Waals surface area contributed by atoms with Gasteiger partial charge in [-0.05, 0) is 36.3 Å². The summed E-state index contributed by atoms with van der Waals surface area (Å²) in [6.45, 7) is 5.44. The van der Waals surface area contributed by atoms with E-state index in [1.807, 2.05) is 35.6 Å². The Morgan fingerprint density at radius 3 is 2.74 bits per heavy atom. The number of aromatic nitrogens is 1. The van der Waals surface area contributed by atoms with Gasteiger partial charge in [0.2, 0.25) is 5.52 Å². The average Bonchev–Trinajstić information content (AvgIpc) is 2.88. The third-order valence-electron chi connectivity index (χ3n) is 3.93. The summed E-state index contributed by atoms with van der Waals surface area (Å²) in [5.74, 6) is 0. The van der Waals surface area contributed by atoms with Gasteiger partial charge in [0.05, 0.1) is 0 Å². The first kappa shape index (κ1) is 16.2. The van der Waals surface area contributed by atoms with Crippen LogP contribution in [0.2, 0.25) is 5.02 Å². The highest BCUT2D eigenvalue weighted by molar-refractivity contribution is 7.18. The molecule has 0 aliphatic carbocycles. The fourth-order valence-corrected chi connectivity index (χ4v) is 4.04. The van der Waals surface area contributed by atoms with Crippen molar-refractivity contribution in [2.75, 3.05) is 0 Å². The number of benzene rings is 2. The molecule has 0 atom stereocenters. The molecule has 3 aromatic rings. The Kier molecular flexibility index (Phi) is 5.14. The maximum Gasteiger partial charge on any atom is 0.262 e. The quantitative estimate of drug-likeness (QED) is 0.492. The summed E-state index contributed by atoms with van der Waals surface area (Å²) in [4.78, 5) is 0. The first-order valence-electron chi connectivity index (χ1n) is 8.04. The van der Waals surface area contributed by atoms with Gasteiger partial charge < -0.3 is 0 Å². The summed E-state index contributed by atoms with van der Waals surface area (Å²) in [5, 5.41) is 2.07. The molecule has 0 bridgehead atoms. The van der Waals surface area contributed by atoms with Crippen molar-refractivity contribution in [3.8, 4) is 0 Å². The minimum atomic E-state index is 0.792. The van der Waals surface area contributed by atoms with Crippen molar-refractivity contribution in [1.29, 1.82) is 0 Å². The van der Waals surface area contributed by atoms with E-state index < -0.39 is 0 Å². The monoisotopic (exact) mass is 342 g/mol. The molecule has 0 fully saturated rings. The predicted octanol–water partition coefficient (Wildman–Crippen LogP) is 6.12. The van der Waals surface area contributed by atoms with Gasteiger partial charge in [-0.25, -0.2) is 0 Å². The highest BCUT2D eigenvalue weighted by atomic mass is 35.5. The van der Waals surface area contributed by atoms with Crippen molar-refractivity contribution in [3.63, 3.8) is 0 Å². The molecule has 1 aromatic heterocycles. The van der Waals surface area contributed by atoms with E-state index in [1.165, 1.54) is 33.6 Å². The predicted molar refractivity (Wildman–Crippen MR) is 102 cm³/mol. The molecule has 0 aliphatic rings. The van der Waals surface area contributed by atoms with Gasteiger partial charge >= 0.3 is 0 Å². The van der Waals surface area contributed by atoms with Crippen LogP contribution in [0, 0.1) is 6.92 Å². The molecule has 0 saturated carbocycles. The van der Waals surface area contributed by atoms with Crippen LogP contribution in [0.4, 0.5) is 0 Å². The fourth-order valence-electron chi connectivity index (χ4n) is 2.65. The molecule has 3 rings (SSSR count). The van der Waals surface area contributed by atoms with Gasteiger partial charge in [0.25, 0.3) is 5.01 Å². The van der Waals surface area contributed by atoms with Gasteiger partial charge in [-0.1, -0.05) is 60.5 Å². The highest BCUT2D eigenvalue weighted by Gasteiger charge is 2.18. The summed E-state index contributed by atoms with van der Waals surface area (Å²) in [6, 6.07) is 14.7. The molecular formula is C20H21ClNS+. The molecule has 118 valence electrons. The lowest BCUT2D eigenvalue weighted by atomic mass is 10.2. The molecule has 0 N–H and O–H groups in total. The second-order valence-corrected chi connectivity index (χ2v) is 7.24. The van der Waals surface area contributed by atoms with Crippen molar-refractivity contribution in [1.82, 2.24) is 0 Å². The van der Waals surface area contributed by atoms with Crippen molar-refractivity contribution in [2.45, 2.75) is 33.2 Å². The summed E-state index contributed by atoms with van der Waals surface area (Å²) in [5.41, 5.74) is 3.70. The van der Waals surface area contributed by atoms with Crippen LogP contribution < -0.4 is 4.57 Å². The van der Waals surface area contributed by atoms with Crippen molar-refractivity contribution >= 4 is 45.3 Å². The first-order chi connectivity index (χ1) is 11.2. The summed E-state index contributed by atoms with van der Waals surface area (Å²) < 4.78 is 3.77. The molecule has 0 aliphatic heterocycles. The van der Waals surface area contributed by atoms with Crippen LogP contribution in [0.3, 0.4) is 0 Å². The van der Waals surface area contributed by atoms with E-state index in [-0.39, 0.29) is 0 Å². The Labute approximate surface area is 146 Å². The number of hydrogen-bond acceptors (Lipinski definition) is 1. The molecule has 3 heteroatoms. The van der Waals surface area contributed by atoms with Gasteiger partial charge in [0.1, 0.15) is 4.70 Å². The number of aryl methyl sites for hydroxylation is 2. The minimum Gasteiger partial charge on any atom is -0.182 e. The molecule has 1 heterocycles. The lowest BCUT2D eigenvalue weighted by Crippen LogP contribution is -2.34. The van der Waals surface area contributed by atoms with E-state index in [2.05, 4.69) is 48.8 Å². The summed E-state index contributed by atoms with van der Waals surface area (Å²) in [7, 11) is 0. The highest BCUT2D eigenvalue weighted by Crippen LogP contribution is 2.24. The van der Waals surface area contributed by atoms with Crippen LogP contribution in [-0.2, 0) is 6.54 Å². The summed E-state index contributed by atoms with van der Waals surface area (Å²) in [6.07, 6.45) is 6.69. The van der Waals surface area contributed by atoms with E-state index >= 15 is 0 Å². The SMILES string of the molecule is CCCC[n+]1c(C=Cc2ccccc2Cl)sc2cc(C)ccc21. The third-order valence-corrected chi connectivity index (χ3v) is 5.39. The van der Waals surface area contributed by atoms with E-state index in [4.69, 9.17) is 11.6 Å². The second-order valence-electron chi connectivity index (χ2n) is 5.77. The van der Waals surface area contributed by atoms with Crippen LogP contribution in [0.5, 0.6) is 0 Å². The topological polar surface area (TPSA) is 3.88 Å². The zero-order chi connectivity index (χ0) is 16.2. The molecule has 0 radical (unpaired) electrons. The summed E-state index contributed by atoms with van der Waals surface area (Å²) >= 11 is 8.11. The first-order valence-corrected chi connectivity index (χ1v) is 9.24. The normalized spacial score (nSPS) is 11.6. The van der Waals surface area contributed by atoms with Crippen molar-refractivity contribution in [3.05, 3.63) is 63.6 Å². The molecule has 0 spiro atoms. The number of thiazole rings is 1. The molecule has 0 unspecified atom stereocenters. The third kappa shape index (κ3) is 3.65. The number of halogens is 1. The smallest absolute Gasteiger partial charge is 0.182 e. The standard InChI is InChI=1S/C20H21ClNS/c1-3-4-13-22-18-11-9-15(2)14-19(18)23-20(22)12-10-16-7-5-6-8-17(16)21/h5-12,14H,3-4,13H2,1-2H3/q+1. The molecule has 0 amide bonds. The number of fused-ring (bicyclic) bond motifs is 1. The van der Waals surface area contributed by atoms with Crippen LogP contribution in [0.15, 0.2) is 42.5 Å². The van der Waals surface area contributed by atoms with E-state index in [9.17, 15) is 0 Å². The number of rotatable bonds is 5. The van der Waals surface area contributed by atoms with Crippen LogP contribution >= 0.6 is 22.9 Å². The Hall–Kier alpha value is -1.64. The molecule has 23 heavy (non-hydrogen) atoms. The van der Waals surface area contributed by atoms with Crippen LogP contribution in [0.1, 0.15) is 35.9 Å². The van der Waals surface area contributed by atoms with E-state index in [0.717, 1.165) is 17.1 Å². The largest absolute Gasteiger partial charge is 0.262 e. The van der Waals surface area contributed by atoms with E-state index in [1.54, 1.807) is 0 Å². The van der Waals surface area contributed by atoms with Crippen LogP contribution in [-0.4, -0.2) is 0 Å². The van der Waals surface area contributed by atoms with Crippen molar-refractivity contribution in [2.24, 2.45) is 0 Å². The molecule has 2 aromatic carbocycles. The minimum absolute atomic E-state index is 0.792. The number of unbranched alkanes of at least 4 members (excludes halogenated alkanes) is 1. The van der Waals surface area contributed by atoms with Crippen molar-refractivity contribution < 1.29 is 4.57 Å². The molecule has 1 nitrogen and oxygen atoms in total. The van der Waals surface area contributed by atoms with E-state index in [0.29, 0.717) is 0 Å². The van der Waals surface area contributed by atoms with Gasteiger partial charge in [-0.15, -0.1) is 0 Å². The van der Waals surface area contributed by atoms with Crippen LogP contribution in [0.25, 0.3) is 22.4 Å². The molecular weight excluding hydrogens is 322 g/mol. The second kappa shape index (κ2) is 7.29. The Morgan fingerprint density at radius 2 is 1.96 bits per heavy atom. The van der Waals surface area contributed by atoms with Gasteiger partial charge in [-0.2, -0.15) is 4.57 Å².